The number of unbranched alkanes of at least 4 members (excludes halogenated alkanes) is 1. The normalized spacial score (nSPS) is 11.1. The number of alkyl carbamates (subject to hydrolysis) is 1. The highest BCUT2D eigenvalue weighted by molar-refractivity contribution is 5.69. The van der Waals surface area contributed by atoms with Crippen LogP contribution in [0.2, 0.25) is 0 Å². The van der Waals surface area contributed by atoms with Crippen molar-refractivity contribution in [1.82, 2.24) is 5.32 Å². The van der Waals surface area contributed by atoms with E-state index in [1.54, 1.807) is 20.8 Å². The molecular formula is C19H35NO9. The van der Waals surface area contributed by atoms with Gasteiger partial charge in [-0.05, 0) is 33.6 Å². The Balaban J connectivity index is 3.27. The molecule has 0 rings (SSSR count). The monoisotopic (exact) mass is 421 g/mol. The standard InChI is InChI=1S/C19H35NO9/c1-19(2,3)29-18(24)20-8-9-25-10-11-26-12-13-27-14-15-28-17(23)7-5-4-6-16(21)22/h4-15H2,1-3H3,(H,20,24)(H,21,22). The molecule has 0 aliphatic heterocycles. The van der Waals surface area contributed by atoms with Crippen LogP contribution in [0.5, 0.6) is 0 Å². The Kier molecular flexibility index (Phi) is 15.9. The van der Waals surface area contributed by atoms with E-state index >= 15 is 0 Å². The Morgan fingerprint density at radius 3 is 1.86 bits per heavy atom. The van der Waals surface area contributed by atoms with Gasteiger partial charge in [0.25, 0.3) is 0 Å². The van der Waals surface area contributed by atoms with E-state index in [-0.39, 0.29) is 32.0 Å². The highest BCUT2D eigenvalue weighted by Crippen LogP contribution is 2.06. The quantitative estimate of drug-likeness (QED) is 0.266. The predicted octanol–water partition coefficient (Wildman–Crippen LogP) is 1.75. The summed E-state index contributed by atoms with van der Waals surface area (Å²) in [5, 5.41) is 11.1. The lowest BCUT2D eigenvalue weighted by Crippen LogP contribution is -2.34. The molecule has 0 saturated heterocycles. The number of carbonyl (C=O) groups excluding carboxylic acids is 2. The van der Waals surface area contributed by atoms with Crippen molar-refractivity contribution in [3.63, 3.8) is 0 Å². The van der Waals surface area contributed by atoms with Crippen molar-refractivity contribution < 1.29 is 43.2 Å². The number of ether oxygens (including phenoxy) is 5. The maximum absolute atomic E-state index is 11.4. The molecule has 0 aromatic heterocycles. The first-order valence-electron chi connectivity index (χ1n) is 9.78. The minimum atomic E-state index is -0.865. The molecule has 0 aromatic carbocycles. The van der Waals surface area contributed by atoms with Gasteiger partial charge in [-0.2, -0.15) is 0 Å². The average Bonchev–Trinajstić information content (AvgIpc) is 2.61. The lowest BCUT2D eigenvalue weighted by molar-refractivity contribution is -0.146. The molecule has 0 saturated carbocycles. The number of hydrogen-bond acceptors (Lipinski definition) is 8. The van der Waals surface area contributed by atoms with Crippen LogP contribution in [0.25, 0.3) is 0 Å². The lowest BCUT2D eigenvalue weighted by Gasteiger charge is -2.19. The van der Waals surface area contributed by atoms with Gasteiger partial charge in [-0.3, -0.25) is 9.59 Å². The van der Waals surface area contributed by atoms with Gasteiger partial charge in [-0.25, -0.2) is 4.79 Å². The van der Waals surface area contributed by atoms with Crippen LogP contribution in [-0.4, -0.2) is 81.5 Å². The predicted molar refractivity (Wildman–Crippen MR) is 104 cm³/mol. The summed E-state index contributed by atoms with van der Waals surface area (Å²) in [6.07, 6.45) is 0.758. The number of aliphatic carboxylic acids is 1. The first kappa shape index (κ1) is 27.1. The van der Waals surface area contributed by atoms with Gasteiger partial charge in [0.05, 0.1) is 39.6 Å². The molecule has 170 valence electrons. The Bertz CT molecular complexity index is 463. The Morgan fingerprint density at radius 1 is 0.793 bits per heavy atom. The minimum Gasteiger partial charge on any atom is -0.481 e. The first-order valence-corrected chi connectivity index (χ1v) is 9.78. The lowest BCUT2D eigenvalue weighted by atomic mass is 10.2. The molecule has 0 aromatic rings. The average molecular weight is 421 g/mol. The summed E-state index contributed by atoms with van der Waals surface area (Å²) in [6.45, 7) is 8.11. The molecule has 1 amide bonds. The van der Waals surface area contributed by atoms with Crippen LogP contribution < -0.4 is 5.32 Å². The molecule has 0 spiro atoms. The van der Waals surface area contributed by atoms with Crippen LogP contribution in [0.4, 0.5) is 4.79 Å². The van der Waals surface area contributed by atoms with Crippen LogP contribution in [0.3, 0.4) is 0 Å². The van der Waals surface area contributed by atoms with Gasteiger partial charge < -0.3 is 34.1 Å². The number of amides is 1. The molecule has 0 heterocycles. The maximum atomic E-state index is 11.4. The number of nitrogens with one attached hydrogen (secondary N) is 1. The fourth-order valence-electron chi connectivity index (χ4n) is 1.91. The summed E-state index contributed by atoms with van der Waals surface area (Å²) in [7, 11) is 0. The highest BCUT2D eigenvalue weighted by Gasteiger charge is 2.15. The first-order chi connectivity index (χ1) is 13.7. The number of rotatable bonds is 17. The fraction of sp³-hybridized carbons (Fsp3) is 0.842. The third-order valence-corrected chi connectivity index (χ3v) is 3.17. The zero-order valence-electron chi connectivity index (χ0n) is 17.7. The zero-order chi connectivity index (χ0) is 22.0. The smallest absolute Gasteiger partial charge is 0.407 e. The molecule has 0 bridgehead atoms. The number of carboxylic acid groups (broad SMARTS) is 1. The molecule has 29 heavy (non-hydrogen) atoms. The van der Waals surface area contributed by atoms with Gasteiger partial charge in [-0.15, -0.1) is 0 Å². The van der Waals surface area contributed by atoms with E-state index in [2.05, 4.69) is 5.32 Å². The maximum Gasteiger partial charge on any atom is 0.407 e. The van der Waals surface area contributed by atoms with Gasteiger partial charge in [0.1, 0.15) is 12.2 Å². The van der Waals surface area contributed by atoms with E-state index in [0.29, 0.717) is 52.4 Å². The summed E-state index contributed by atoms with van der Waals surface area (Å²) in [4.78, 5) is 33.1. The Labute approximate surface area is 172 Å². The fourth-order valence-corrected chi connectivity index (χ4v) is 1.91. The number of carboxylic acids is 1. The number of esters is 1. The molecule has 0 aliphatic rings. The van der Waals surface area contributed by atoms with Gasteiger partial charge in [0.2, 0.25) is 0 Å². The molecule has 0 atom stereocenters. The van der Waals surface area contributed by atoms with Crippen LogP contribution in [0.15, 0.2) is 0 Å². The topological polar surface area (TPSA) is 130 Å². The second-order valence-electron chi connectivity index (χ2n) is 7.09. The van der Waals surface area contributed by atoms with Gasteiger partial charge in [0.15, 0.2) is 0 Å². The van der Waals surface area contributed by atoms with Crippen LogP contribution in [0.1, 0.15) is 46.5 Å². The van der Waals surface area contributed by atoms with Crippen LogP contribution >= 0.6 is 0 Å². The third kappa shape index (κ3) is 22.2. The van der Waals surface area contributed by atoms with Gasteiger partial charge in [0, 0.05) is 19.4 Å². The molecular weight excluding hydrogens is 386 g/mol. The van der Waals surface area contributed by atoms with E-state index in [9.17, 15) is 14.4 Å². The molecule has 0 unspecified atom stereocenters. The molecule has 0 fully saturated rings. The van der Waals surface area contributed by atoms with Crippen molar-refractivity contribution in [1.29, 1.82) is 0 Å². The van der Waals surface area contributed by atoms with Crippen molar-refractivity contribution in [3.05, 3.63) is 0 Å². The Hall–Kier alpha value is -1.91. The zero-order valence-corrected chi connectivity index (χ0v) is 17.7. The van der Waals surface area contributed by atoms with Crippen LogP contribution in [0, 0.1) is 0 Å². The van der Waals surface area contributed by atoms with Crippen LogP contribution in [-0.2, 0) is 33.3 Å². The SMILES string of the molecule is CC(C)(C)OC(=O)NCCOCCOCCOCCOC(=O)CCCCC(=O)O. The molecule has 10 heteroatoms. The third-order valence-electron chi connectivity index (χ3n) is 3.17. The molecule has 2 N–H and O–H groups in total. The summed E-state index contributed by atoms with van der Waals surface area (Å²) < 4.78 is 26.0. The van der Waals surface area contributed by atoms with Crippen molar-refractivity contribution in [2.24, 2.45) is 0 Å². The van der Waals surface area contributed by atoms with E-state index in [4.69, 9.17) is 28.8 Å². The Morgan fingerprint density at radius 2 is 1.31 bits per heavy atom. The van der Waals surface area contributed by atoms with Crippen molar-refractivity contribution in [2.45, 2.75) is 52.1 Å². The highest BCUT2D eigenvalue weighted by atomic mass is 16.6. The second-order valence-corrected chi connectivity index (χ2v) is 7.09. The van der Waals surface area contributed by atoms with E-state index < -0.39 is 17.7 Å². The molecule has 0 radical (unpaired) electrons. The van der Waals surface area contributed by atoms with Gasteiger partial charge in [-0.1, -0.05) is 0 Å². The van der Waals surface area contributed by atoms with E-state index in [1.807, 2.05) is 0 Å². The summed E-state index contributed by atoms with van der Waals surface area (Å²) in [5.41, 5.74) is -0.522. The minimum absolute atomic E-state index is 0.0599. The molecule has 0 aliphatic carbocycles. The summed E-state index contributed by atoms with van der Waals surface area (Å²) in [6, 6.07) is 0. The summed E-state index contributed by atoms with van der Waals surface area (Å²) >= 11 is 0. The largest absolute Gasteiger partial charge is 0.481 e. The number of carbonyl (C=O) groups is 3. The molecule has 10 nitrogen and oxygen atoms in total. The van der Waals surface area contributed by atoms with Crippen molar-refractivity contribution in [3.8, 4) is 0 Å². The number of hydrogen-bond donors (Lipinski definition) is 2. The van der Waals surface area contributed by atoms with Gasteiger partial charge >= 0.3 is 18.0 Å². The van der Waals surface area contributed by atoms with E-state index in [0.717, 1.165) is 0 Å². The van der Waals surface area contributed by atoms with Crippen molar-refractivity contribution in [2.75, 3.05) is 52.8 Å². The second kappa shape index (κ2) is 17.0. The van der Waals surface area contributed by atoms with Crippen molar-refractivity contribution >= 4 is 18.0 Å². The van der Waals surface area contributed by atoms with E-state index in [1.165, 1.54) is 0 Å². The summed E-state index contributed by atoms with van der Waals surface area (Å²) in [5.74, 6) is -1.22.